The van der Waals surface area contributed by atoms with E-state index >= 15 is 0 Å². The molecule has 0 radical (unpaired) electrons. The van der Waals surface area contributed by atoms with Crippen LogP contribution in [0.4, 0.5) is 0 Å². The molecule has 0 unspecified atom stereocenters. The first-order chi connectivity index (χ1) is 11.3. The van der Waals surface area contributed by atoms with E-state index in [2.05, 4.69) is 10.4 Å². The standard InChI is InChI=1S/C18H17N3O2/c1-19-18(22)14-6-5-9-17(12-14)23-13-15-10-11-21(20-15)16-7-3-2-4-8-16/h2-12H,13H2,1H3,(H,19,22). The molecule has 0 bridgehead atoms. The number of hydrogen-bond acceptors (Lipinski definition) is 3. The minimum absolute atomic E-state index is 0.135. The third kappa shape index (κ3) is 3.58. The molecule has 0 saturated heterocycles. The number of aromatic nitrogens is 2. The maximum Gasteiger partial charge on any atom is 0.251 e. The minimum atomic E-state index is -0.135. The highest BCUT2D eigenvalue weighted by molar-refractivity contribution is 5.94. The van der Waals surface area contributed by atoms with Crippen LogP contribution in [0.25, 0.3) is 5.69 Å². The first kappa shape index (κ1) is 14.8. The van der Waals surface area contributed by atoms with E-state index in [0.29, 0.717) is 17.9 Å². The zero-order chi connectivity index (χ0) is 16.1. The molecule has 1 aromatic heterocycles. The van der Waals surface area contributed by atoms with Gasteiger partial charge in [0.25, 0.3) is 5.91 Å². The van der Waals surface area contributed by atoms with Gasteiger partial charge in [0.1, 0.15) is 18.1 Å². The molecule has 23 heavy (non-hydrogen) atoms. The van der Waals surface area contributed by atoms with Crippen LogP contribution in [0.2, 0.25) is 0 Å². The number of rotatable bonds is 5. The lowest BCUT2D eigenvalue weighted by Crippen LogP contribution is -2.17. The van der Waals surface area contributed by atoms with Crippen LogP contribution in [-0.4, -0.2) is 22.7 Å². The Labute approximate surface area is 134 Å². The van der Waals surface area contributed by atoms with E-state index in [-0.39, 0.29) is 5.91 Å². The molecule has 116 valence electrons. The van der Waals surface area contributed by atoms with Gasteiger partial charge in [-0.1, -0.05) is 24.3 Å². The van der Waals surface area contributed by atoms with E-state index in [1.165, 1.54) is 0 Å². The second kappa shape index (κ2) is 6.79. The third-order valence-corrected chi connectivity index (χ3v) is 3.38. The summed E-state index contributed by atoms with van der Waals surface area (Å²) in [7, 11) is 1.60. The fourth-order valence-corrected chi connectivity index (χ4v) is 2.19. The highest BCUT2D eigenvalue weighted by Gasteiger charge is 2.06. The van der Waals surface area contributed by atoms with Gasteiger partial charge in [-0.25, -0.2) is 4.68 Å². The summed E-state index contributed by atoms with van der Waals surface area (Å²) in [5.74, 6) is 0.504. The molecule has 0 aliphatic rings. The van der Waals surface area contributed by atoms with Gasteiger partial charge in [-0.05, 0) is 36.4 Å². The van der Waals surface area contributed by atoms with Crippen LogP contribution in [0.15, 0.2) is 66.9 Å². The average Bonchev–Trinajstić information content (AvgIpc) is 3.09. The Morgan fingerprint density at radius 2 is 1.96 bits per heavy atom. The molecule has 3 aromatic rings. The molecule has 1 amide bonds. The number of carbonyl (C=O) groups is 1. The Balaban J connectivity index is 1.67. The third-order valence-electron chi connectivity index (χ3n) is 3.38. The van der Waals surface area contributed by atoms with Crippen molar-refractivity contribution >= 4 is 5.91 Å². The van der Waals surface area contributed by atoms with E-state index in [9.17, 15) is 4.79 Å². The summed E-state index contributed by atoms with van der Waals surface area (Å²) in [5.41, 5.74) is 2.39. The minimum Gasteiger partial charge on any atom is -0.487 e. The van der Waals surface area contributed by atoms with Crippen LogP contribution < -0.4 is 10.1 Å². The molecule has 0 spiro atoms. The van der Waals surface area contributed by atoms with Crippen LogP contribution in [0.1, 0.15) is 16.1 Å². The van der Waals surface area contributed by atoms with Crippen molar-refractivity contribution in [2.24, 2.45) is 0 Å². The molecule has 0 aliphatic heterocycles. The van der Waals surface area contributed by atoms with Gasteiger partial charge in [-0.2, -0.15) is 5.10 Å². The summed E-state index contributed by atoms with van der Waals surface area (Å²) in [4.78, 5) is 11.6. The summed E-state index contributed by atoms with van der Waals surface area (Å²) >= 11 is 0. The first-order valence-electron chi connectivity index (χ1n) is 7.31. The van der Waals surface area contributed by atoms with E-state index in [1.54, 1.807) is 29.9 Å². The van der Waals surface area contributed by atoms with Gasteiger partial charge in [0.2, 0.25) is 0 Å². The summed E-state index contributed by atoms with van der Waals surface area (Å²) in [6.45, 7) is 0.344. The predicted octanol–water partition coefficient (Wildman–Crippen LogP) is 2.81. The second-order valence-corrected chi connectivity index (χ2v) is 4.98. The first-order valence-corrected chi connectivity index (χ1v) is 7.31. The Morgan fingerprint density at radius 1 is 1.13 bits per heavy atom. The maximum absolute atomic E-state index is 11.6. The Morgan fingerprint density at radius 3 is 2.74 bits per heavy atom. The summed E-state index contributed by atoms with van der Waals surface area (Å²) in [6.07, 6.45) is 1.90. The van der Waals surface area contributed by atoms with Gasteiger partial charge in [-0.3, -0.25) is 4.79 Å². The van der Waals surface area contributed by atoms with Crippen molar-refractivity contribution in [3.63, 3.8) is 0 Å². The van der Waals surface area contributed by atoms with Gasteiger partial charge in [0.15, 0.2) is 0 Å². The molecule has 0 fully saturated rings. The molecule has 0 saturated carbocycles. The van der Waals surface area contributed by atoms with Crippen molar-refractivity contribution in [1.29, 1.82) is 0 Å². The summed E-state index contributed by atoms with van der Waals surface area (Å²) in [5, 5.41) is 7.08. The van der Waals surface area contributed by atoms with Gasteiger partial charge >= 0.3 is 0 Å². The molecule has 1 N–H and O–H groups in total. The second-order valence-electron chi connectivity index (χ2n) is 4.98. The topological polar surface area (TPSA) is 56.1 Å². The van der Waals surface area contributed by atoms with Gasteiger partial charge in [-0.15, -0.1) is 0 Å². The Kier molecular flexibility index (Phi) is 4.38. The van der Waals surface area contributed by atoms with E-state index in [1.807, 2.05) is 48.7 Å². The number of benzene rings is 2. The van der Waals surface area contributed by atoms with Crippen LogP contribution in [-0.2, 0) is 6.61 Å². The fraction of sp³-hybridized carbons (Fsp3) is 0.111. The Hall–Kier alpha value is -3.08. The molecule has 2 aromatic carbocycles. The molecule has 1 heterocycles. The number of ether oxygens (including phenoxy) is 1. The SMILES string of the molecule is CNC(=O)c1cccc(OCc2ccn(-c3ccccc3)n2)c1. The van der Waals surface area contributed by atoms with Crippen molar-refractivity contribution < 1.29 is 9.53 Å². The van der Waals surface area contributed by atoms with E-state index in [0.717, 1.165) is 11.4 Å². The van der Waals surface area contributed by atoms with E-state index in [4.69, 9.17) is 4.74 Å². The van der Waals surface area contributed by atoms with Crippen molar-refractivity contribution in [3.05, 3.63) is 78.1 Å². The summed E-state index contributed by atoms with van der Waals surface area (Å²) in [6, 6.07) is 18.9. The van der Waals surface area contributed by atoms with Crippen LogP contribution >= 0.6 is 0 Å². The van der Waals surface area contributed by atoms with Gasteiger partial charge in [0.05, 0.1) is 5.69 Å². The maximum atomic E-state index is 11.6. The number of nitrogens with zero attached hydrogens (tertiary/aromatic N) is 2. The van der Waals surface area contributed by atoms with E-state index < -0.39 is 0 Å². The fourth-order valence-electron chi connectivity index (χ4n) is 2.19. The van der Waals surface area contributed by atoms with Gasteiger partial charge in [0, 0.05) is 18.8 Å². The van der Waals surface area contributed by atoms with Crippen LogP contribution in [0.5, 0.6) is 5.75 Å². The van der Waals surface area contributed by atoms with Crippen molar-refractivity contribution in [1.82, 2.24) is 15.1 Å². The lowest BCUT2D eigenvalue weighted by molar-refractivity contribution is 0.0962. The molecule has 3 rings (SSSR count). The van der Waals surface area contributed by atoms with Gasteiger partial charge < -0.3 is 10.1 Å². The molecular weight excluding hydrogens is 290 g/mol. The molecule has 5 heteroatoms. The largest absolute Gasteiger partial charge is 0.487 e. The zero-order valence-electron chi connectivity index (χ0n) is 12.8. The molecular formula is C18H17N3O2. The average molecular weight is 307 g/mol. The number of hydrogen-bond donors (Lipinski definition) is 1. The summed E-state index contributed by atoms with van der Waals surface area (Å²) < 4.78 is 7.53. The number of para-hydroxylation sites is 1. The highest BCUT2D eigenvalue weighted by atomic mass is 16.5. The molecule has 0 aliphatic carbocycles. The smallest absolute Gasteiger partial charge is 0.251 e. The highest BCUT2D eigenvalue weighted by Crippen LogP contribution is 2.15. The number of amides is 1. The van der Waals surface area contributed by atoms with Crippen LogP contribution in [0.3, 0.4) is 0 Å². The lowest BCUT2D eigenvalue weighted by Gasteiger charge is -2.06. The molecule has 0 atom stereocenters. The van der Waals surface area contributed by atoms with Crippen molar-refractivity contribution in [3.8, 4) is 11.4 Å². The van der Waals surface area contributed by atoms with Crippen molar-refractivity contribution in [2.45, 2.75) is 6.61 Å². The van der Waals surface area contributed by atoms with Crippen molar-refractivity contribution in [2.75, 3.05) is 7.05 Å². The molecule has 5 nitrogen and oxygen atoms in total. The monoisotopic (exact) mass is 307 g/mol. The number of carbonyl (C=O) groups excluding carboxylic acids is 1. The number of nitrogens with one attached hydrogen (secondary N) is 1. The Bertz CT molecular complexity index is 797. The predicted molar refractivity (Wildman–Crippen MR) is 87.7 cm³/mol. The zero-order valence-corrected chi connectivity index (χ0v) is 12.8. The lowest BCUT2D eigenvalue weighted by atomic mass is 10.2. The normalized spacial score (nSPS) is 10.3. The quantitative estimate of drug-likeness (QED) is 0.788. The van der Waals surface area contributed by atoms with Crippen LogP contribution in [0, 0.1) is 0 Å².